The van der Waals surface area contributed by atoms with Crippen LogP contribution in [0.1, 0.15) is 28.9 Å². The molecule has 3 rings (SSSR count). The summed E-state index contributed by atoms with van der Waals surface area (Å²) in [5.74, 6) is 0.254. The van der Waals surface area contributed by atoms with Crippen LogP contribution in [-0.2, 0) is 15.2 Å². The third-order valence-corrected chi connectivity index (χ3v) is 5.39. The molecule has 1 atom stereocenters. The van der Waals surface area contributed by atoms with E-state index in [1.807, 2.05) is 37.3 Å². The molecule has 0 aliphatic rings. The summed E-state index contributed by atoms with van der Waals surface area (Å²) in [7, 11) is 2.98. The van der Waals surface area contributed by atoms with Gasteiger partial charge in [0.2, 0.25) is 0 Å². The molecule has 6 nitrogen and oxygen atoms in total. The van der Waals surface area contributed by atoms with Crippen LogP contribution in [0.3, 0.4) is 0 Å². The summed E-state index contributed by atoms with van der Waals surface area (Å²) in [5.41, 5.74) is 2.13. The number of para-hydroxylation sites is 1. The summed E-state index contributed by atoms with van der Waals surface area (Å²) in [5, 5.41) is 1.24. The van der Waals surface area contributed by atoms with Crippen LogP contribution < -0.4 is 5.56 Å². The molecule has 0 radical (unpaired) electrons. The van der Waals surface area contributed by atoms with Gasteiger partial charge >= 0.3 is 5.97 Å². The highest BCUT2D eigenvalue weighted by Gasteiger charge is 2.16. The van der Waals surface area contributed by atoms with E-state index in [1.165, 1.54) is 18.9 Å². The van der Waals surface area contributed by atoms with Gasteiger partial charge in [-0.25, -0.2) is 9.78 Å². The first-order valence-electron chi connectivity index (χ1n) is 8.85. The van der Waals surface area contributed by atoms with Gasteiger partial charge in [0.05, 0.1) is 36.2 Å². The second kappa shape index (κ2) is 9.03. The number of thioether (sulfide) groups is 1. The van der Waals surface area contributed by atoms with Crippen molar-refractivity contribution in [1.29, 1.82) is 0 Å². The summed E-state index contributed by atoms with van der Waals surface area (Å²) in [6, 6.07) is 14.4. The number of rotatable bonds is 7. The highest BCUT2D eigenvalue weighted by atomic mass is 32.2. The number of methoxy groups -OCH3 is 2. The third kappa shape index (κ3) is 4.26. The van der Waals surface area contributed by atoms with Crippen molar-refractivity contribution in [2.45, 2.75) is 23.9 Å². The molecular formula is C21H22N2O4S. The maximum atomic E-state index is 13.0. The molecule has 2 aromatic carbocycles. The van der Waals surface area contributed by atoms with E-state index >= 15 is 0 Å². The second-order valence-corrected chi connectivity index (χ2v) is 7.31. The smallest absolute Gasteiger partial charge is 0.337 e. The molecule has 0 bridgehead atoms. The minimum absolute atomic E-state index is 0.0707. The number of ether oxygens (including phenoxy) is 2. The summed E-state index contributed by atoms with van der Waals surface area (Å²) in [6.07, 6.45) is 0. The number of carbonyl (C=O) groups is 1. The summed E-state index contributed by atoms with van der Waals surface area (Å²) in [4.78, 5) is 29.3. The Kier molecular flexibility index (Phi) is 6.49. The molecular weight excluding hydrogens is 376 g/mol. The third-order valence-electron chi connectivity index (χ3n) is 4.37. The molecule has 0 unspecified atom stereocenters. The molecule has 0 amide bonds. The van der Waals surface area contributed by atoms with Crippen molar-refractivity contribution in [2.75, 3.05) is 20.8 Å². The lowest BCUT2D eigenvalue weighted by Gasteiger charge is -2.19. The molecule has 0 fully saturated rings. The quantitative estimate of drug-likeness (QED) is 0.343. The van der Waals surface area contributed by atoms with E-state index in [-0.39, 0.29) is 17.6 Å². The van der Waals surface area contributed by atoms with Gasteiger partial charge in [0.25, 0.3) is 5.56 Å². The van der Waals surface area contributed by atoms with Crippen LogP contribution in [-0.4, -0.2) is 36.3 Å². The molecule has 1 heterocycles. The molecule has 28 heavy (non-hydrogen) atoms. The summed E-state index contributed by atoms with van der Waals surface area (Å²) >= 11 is 1.48. The highest BCUT2D eigenvalue weighted by molar-refractivity contribution is 7.98. The van der Waals surface area contributed by atoms with Gasteiger partial charge < -0.3 is 9.47 Å². The Balaban J connectivity index is 1.92. The maximum Gasteiger partial charge on any atom is 0.337 e. The Bertz CT molecular complexity index is 1030. The van der Waals surface area contributed by atoms with Crippen molar-refractivity contribution < 1.29 is 14.3 Å². The van der Waals surface area contributed by atoms with E-state index in [9.17, 15) is 9.59 Å². The lowest BCUT2D eigenvalue weighted by atomic mass is 10.1. The Morgan fingerprint density at radius 1 is 1.14 bits per heavy atom. The van der Waals surface area contributed by atoms with Crippen LogP contribution >= 0.6 is 11.8 Å². The molecule has 0 saturated carbocycles. The molecule has 7 heteroatoms. The summed E-state index contributed by atoms with van der Waals surface area (Å²) < 4.78 is 11.7. The standard InChI is InChI=1S/C21H22N2O4S/c1-14(12-26-2)23-19(24)17-6-4-5-7-18(17)22-21(23)28-13-15-8-10-16(11-9-15)20(25)27-3/h4-11,14H,12-13H2,1-3H3/t14-/m1/s1. The molecule has 0 saturated heterocycles. The first-order valence-corrected chi connectivity index (χ1v) is 9.84. The molecule has 146 valence electrons. The van der Waals surface area contributed by atoms with E-state index in [1.54, 1.807) is 29.9 Å². The zero-order valence-corrected chi connectivity index (χ0v) is 16.9. The van der Waals surface area contributed by atoms with Crippen molar-refractivity contribution in [3.8, 4) is 0 Å². The van der Waals surface area contributed by atoms with Crippen LogP contribution in [0.25, 0.3) is 10.9 Å². The van der Waals surface area contributed by atoms with Gasteiger partial charge in [-0.05, 0) is 36.8 Å². The molecule has 0 N–H and O–H groups in total. The van der Waals surface area contributed by atoms with Crippen molar-refractivity contribution in [2.24, 2.45) is 0 Å². The molecule has 0 aliphatic heterocycles. The Morgan fingerprint density at radius 2 is 1.86 bits per heavy atom. The number of aromatic nitrogens is 2. The monoisotopic (exact) mass is 398 g/mol. The lowest BCUT2D eigenvalue weighted by Crippen LogP contribution is -2.28. The van der Waals surface area contributed by atoms with Crippen LogP contribution in [0.2, 0.25) is 0 Å². The van der Waals surface area contributed by atoms with E-state index < -0.39 is 0 Å². The normalized spacial score (nSPS) is 12.1. The van der Waals surface area contributed by atoms with Crippen molar-refractivity contribution in [3.05, 3.63) is 70.0 Å². The predicted octanol–water partition coefficient (Wildman–Crippen LogP) is 3.68. The maximum absolute atomic E-state index is 13.0. The number of hydrogen-bond donors (Lipinski definition) is 0. The zero-order valence-electron chi connectivity index (χ0n) is 16.0. The summed E-state index contributed by atoms with van der Waals surface area (Å²) in [6.45, 7) is 2.36. The topological polar surface area (TPSA) is 70.4 Å². The predicted molar refractivity (Wildman–Crippen MR) is 110 cm³/mol. The average Bonchev–Trinajstić information content (AvgIpc) is 2.72. The van der Waals surface area contributed by atoms with Gasteiger partial charge in [-0.2, -0.15) is 0 Å². The van der Waals surface area contributed by atoms with Gasteiger partial charge in [-0.3, -0.25) is 9.36 Å². The van der Waals surface area contributed by atoms with Crippen molar-refractivity contribution >= 4 is 28.6 Å². The van der Waals surface area contributed by atoms with E-state index in [0.717, 1.165) is 5.56 Å². The Labute approximate surface area is 167 Å². The SMILES string of the molecule is COC[C@@H](C)n1c(SCc2ccc(C(=O)OC)cc2)nc2ccccc2c1=O. The lowest BCUT2D eigenvalue weighted by molar-refractivity contribution is 0.0600. The number of nitrogens with zero attached hydrogens (tertiary/aromatic N) is 2. The highest BCUT2D eigenvalue weighted by Crippen LogP contribution is 2.25. The number of carbonyl (C=O) groups excluding carboxylic acids is 1. The van der Waals surface area contributed by atoms with Gasteiger partial charge in [0, 0.05) is 12.9 Å². The minimum Gasteiger partial charge on any atom is -0.465 e. The fourth-order valence-corrected chi connectivity index (χ4v) is 3.99. The largest absolute Gasteiger partial charge is 0.465 e. The first kappa shape index (κ1) is 20.1. The minimum atomic E-state index is -0.363. The number of benzene rings is 2. The molecule has 0 aliphatic carbocycles. The molecule has 3 aromatic rings. The fraction of sp³-hybridized carbons (Fsp3) is 0.286. The van der Waals surface area contributed by atoms with Crippen LogP contribution in [0.15, 0.2) is 58.5 Å². The van der Waals surface area contributed by atoms with Crippen molar-refractivity contribution in [3.63, 3.8) is 0 Å². The molecule has 1 aromatic heterocycles. The van der Waals surface area contributed by atoms with Crippen molar-refractivity contribution in [1.82, 2.24) is 9.55 Å². The van der Waals surface area contributed by atoms with Gasteiger partial charge in [0.15, 0.2) is 5.16 Å². The van der Waals surface area contributed by atoms with Gasteiger partial charge in [0.1, 0.15) is 0 Å². The second-order valence-electron chi connectivity index (χ2n) is 6.37. The van der Waals surface area contributed by atoms with Gasteiger partial charge in [-0.1, -0.05) is 36.0 Å². The molecule has 0 spiro atoms. The first-order chi connectivity index (χ1) is 13.5. The van der Waals surface area contributed by atoms with E-state index in [4.69, 9.17) is 14.5 Å². The number of hydrogen-bond acceptors (Lipinski definition) is 6. The average molecular weight is 398 g/mol. The zero-order chi connectivity index (χ0) is 20.1. The van der Waals surface area contributed by atoms with Crippen LogP contribution in [0.4, 0.5) is 0 Å². The Morgan fingerprint density at radius 3 is 2.54 bits per heavy atom. The fourth-order valence-electron chi connectivity index (χ4n) is 2.93. The van der Waals surface area contributed by atoms with Gasteiger partial charge in [-0.15, -0.1) is 0 Å². The number of esters is 1. The van der Waals surface area contributed by atoms with E-state index in [2.05, 4.69) is 0 Å². The van der Waals surface area contributed by atoms with E-state index in [0.29, 0.717) is 34.0 Å². The van der Waals surface area contributed by atoms with Crippen LogP contribution in [0.5, 0.6) is 0 Å². The number of fused-ring (bicyclic) bond motifs is 1. The van der Waals surface area contributed by atoms with Crippen LogP contribution in [0, 0.1) is 0 Å². The Hall–Kier alpha value is -2.64.